The molecule has 0 amide bonds. The van der Waals surface area contributed by atoms with Crippen molar-refractivity contribution in [2.75, 3.05) is 6.26 Å². The molecule has 0 radical (unpaired) electrons. The Kier molecular flexibility index (Phi) is 3.94. The molecule has 11 heavy (non-hydrogen) atoms. The van der Waals surface area contributed by atoms with E-state index >= 15 is 0 Å². The fraction of sp³-hybridized carbons (Fsp3) is 0.625. The van der Waals surface area contributed by atoms with E-state index in [0.29, 0.717) is 0 Å². The average Bonchev–Trinajstić information content (AvgIpc) is 2.38. The predicted molar refractivity (Wildman–Crippen MR) is 53.3 cm³/mol. The van der Waals surface area contributed by atoms with Crippen LogP contribution in [0.2, 0.25) is 0 Å². The molecular weight excluding hydrogens is 174 g/mol. The first kappa shape index (κ1) is 9.07. The van der Waals surface area contributed by atoms with Crippen LogP contribution in [0.3, 0.4) is 0 Å². The van der Waals surface area contributed by atoms with Gasteiger partial charge >= 0.3 is 0 Å². The topological polar surface area (TPSA) is 12.9 Å². The molecule has 1 heterocycles. The van der Waals surface area contributed by atoms with Crippen LogP contribution in [-0.2, 0) is 12.2 Å². The molecule has 0 spiro atoms. The Balaban J connectivity index is 2.51. The van der Waals surface area contributed by atoms with Crippen molar-refractivity contribution in [2.24, 2.45) is 0 Å². The molecule has 1 nitrogen and oxygen atoms in total. The van der Waals surface area contributed by atoms with Crippen LogP contribution in [0.15, 0.2) is 5.38 Å². The monoisotopic (exact) mass is 187 g/mol. The van der Waals surface area contributed by atoms with Crippen molar-refractivity contribution in [3.8, 4) is 0 Å². The van der Waals surface area contributed by atoms with Gasteiger partial charge in [0.05, 0.1) is 10.7 Å². The predicted octanol–water partition coefficient (Wildman–Crippen LogP) is 2.96. The highest BCUT2D eigenvalue weighted by atomic mass is 32.2. The van der Waals surface area contributed by atoms with Crippen molar-refractivity contribution in [3.63, 3.8) is 0 Å². The highest BCUT2D eigenvalue weighted by Gasteiger charge is 1.98. The van der Waals surface area contributed by atoms with Gasteiger partial charge in [-0.15, -0.1) is 11.3 Å². The molecule has 0 unspecified atom stereocenters. The van der Waals surface area contributed by atoms with E-state index in [1.54, 1.807) is 11.3 Å². The van der Waals surface area contributed by atoms with Gasteiger partial charge < -0.3 is 0 Å². The molecule has 62 valence electrons. The van der Waals surface area contributed by atoms with Gasteiger partial charge in [0.2, 0.25) is 0 Å². The second-order valence-electron chi connectivity index (χ2n) is 2.42. The minimum Gasteiger partial charge on any atom is -0.245 e. The third kappa shape index (κ3) is 2.83. The van der Waals surface area contributed by atoms with E-state index in [1.165, 1.54) is 17.1 Å². The summed E-state index contributed by atoms with van der Waals surface area (Å²) in [4.78, 5) is 4.49. The molecule has 0 fully saturated rings. The molecule has 1 rings (SSSR count). The summed E-state index contributed by atoms with van der Waals surface area (Å²) in [5.74, 6) is 1.06. The number of nitrogens with zero attached hydrogens (tertiary/aromatic N) is 1. The third-order valence-corrected chi connectivity index (χ3v) is 2.90. The minimum atomic E-state index is 1.06. The van der Waals surface area contributed by atoms with Crippen LogP contribution < -0.4 is 0 Å². The van der Waals surface area contributed by atoms with Crippen molar-refractivity contribution < 1.29 is 0 Å². The zero-order chi connectivity index (χ0) is 8.10. The summed E-state index contributed by atoms with van der Waals surface area (Å²) in [7, 11) is 0. The number of hydrogen-bond donors (Lipinski definition) is 0. The Morgan fingerprint density at radius 2 is 2.45 bits per heavy atom. The normalized spacial score (nSPS) is 10.4. The second kappa shape index (κ2) is 4.78. The van der Waals surface area contributed by atoms with E-state index in [1.807, 2.05) is 11.8 Å². The van der Waals surface area contributed by atoms with Crippen molar-refractivity contribution in [2.45, 2.75) is 25.5 Å². The lowest BCUT2D eigenvalue weighted by Crippen LogP contribution is -1.83. The van der Waals surface area contributed by atoms with Gasteiger partial charge in [-0.05, 0) is 19.1 Å². The highest BCUT2D eigenvalue weighted by molar-refractivity contribution is 7.97. The molecule has 0 bridgehead atoms. The van der Waals surface area contributed by atoms with Crippen molar-refractivity contribution in [1.29, 1.82) is 0 Å². The zero-order valence-corrected chi connectivity index (χ0v) is 8.60. The Morgan fingerprint density at radius 3 is 3.09 bits per heavy atom. The number of hydrogen-bond acceptors (Lipinski definition) is 3. The standard InChI is InChI=1S/C8H13NS2/c1-3-4-8-9-7(5-10-2)6-11-8/h6H,3-5H2,1-2H3. The van der Waals surface area contributed by atoms with Gasteiger partial charge in [0.1, 0.15) is 0 Å². The molecule has 1 aromatic rings. The highest BCUT2D eigenvalue weighted by Crippen LogP contribution is 2.15. The van der Waals surface area contributed by atoms with Crippen LogP contribution >= 0.6 is 23.1 Å². The van der Waals surface area contributed by atoms with E-state index in [0.717, 1.165) is 12.2 Å². The van der Waals surface area contributed by atoms with Gasteiger partial charge in [-0.3, -0.25) is 0 Å². The first-order chi connectivity index (χ1) is 5.36. The number of rotatable bonds is 4. The van der Waals surface area contributed by atoms with Gasteiger partial charge in [-0.2, -0.15) is 11.8 Å². The molecule has 0 N–H and O–H groups in total. The lowest BCUT2D eigenvalue weighted by molar-refractivity contribution is 0.902. The van der Waals surface area contributed by atoms with Crippen LogP contribution in [0.5, 0.6) is 0 Å². The molecular formula is C8H13NS2. The van der Waals surface area contributed by atoms with Crippen LogP contribution in [0, 0.1) is 0 Å². The summed E-state index contributed by atoms with van der Waals surface area (Å²) >= 11 is 3.62. The fourth-order valence-electron chi connectivity index (χ4n) is 0.892. The molecule has 3 heteroatoms. The Morgan fingerprint density at radius 1 is 1.64 bits per heavy atom. The number of aryl methyl sites for hydroxylation is 1. The van der Waals surface area contributed by atoms with Gasteiger partial charge in [0, 0.05) is 11.1 Å². The number of aromatic nitrogens is 1. The van der Waals surface area contributed by atoms with E-state index < -0.39 is 0 Å². The number of thioether (sulfide) groups is 1. The minimum absolute atomic E-state index is 1.06. The second-order valence-corrected chi connectivity index (χ2v) is 4.22. The zero-order valence-electron chi connectivity index (χ0n) is 6.96. The van der Waals surface area contributed by atoms with E-state index in [-0.39, 0.29) is 0 Å². The first-order valence-corrected chi connectivity index (χ1v) is 6.06. The SMILES string of the molecule is CCCc1nc(CSC)cs1. The first-order valence-electron chi connectivity index (χ1n) is 3.79. The molecule has 0 atom stereocenters. The lowest BCUT2D eigenvalue weighted by atomic mass is 10.3. The summed E-state index contributed by atoms with van der Waals surface area (Å²) in [5.41, 5.74) is 1.24. The summed E-state index contributed by atoms with van der Waals surface area (Å²) in [6.07, 6.45) is 4.45. The van der Waals surface area contributed by atoms with E-state index in [9.17, 15) is 0 Å². The summed E-state index contributed by atoms with van der Waals surface area (Å²) in [6, 6.07) is 0. The van der Waals surface area contributed by atoms with Crippen LogP contribution in [0.25, 0.3) is 0 Å². The summed E-state index contributed by atoms with van der Waals surface area (Å²) in [5, 5.41) is 3.46. The molecule has 0 aliphatic rings. The quantitative estimate of drug-likeness (QED) is 0.719. The molecule has 0 aromatic carbocycles. The summed E-state index contributed by atoms with van der Waals surface area (Å²) in [6.45, 7) is 2.19. The van der Waals surface area contributed by atoms with Crippen LogP contribution in [0.1, 0.15) is 24.0 Å². The van der Waals surface area contributed by atoms with Gasteiger partial charge in [-0.1, -0.05) is 6.92 Å². The molecule has 0 saturated carbocycles. The van der Waals surface area contributed by atoms with Gasteiger partial charge in [0.15, 0.2) is 0 Å². The van der Waals surface area contributed by atoms with Crippen LogP contribution in [0.4, 0.5) is 0 Å². The summed E-state index contributed by atoms with van der Waals surface area (Å²) < 4.78 is 0. The van der Waals surface area contributed by atoms with Gasteiger partial charge in [-0.25, -0.2) is 4.98 Å². The molecule has 0 aliphatic heterocycles. The van der Waals surface area contributed by atoms with E-state index in [4.69, 9.17) is 0 Å². The Hall–Kier alpha value is -0.0200. The maximum absolute atomic E-state index is 4.49. The van der Waals surface area contributed by atoms with Crippen molar-refractivity contribution >= 4 is 23.1 Å². The van der Waals surface area contributed by atoms with Crippen molar-refractivity contribution in [1.82, 2.24) is 4.98 Å². The van der Waals surface area contributed by atoms with E-state index in [2.05, 4.69) is 23.5 Å². The van der Waals surface area contributed by atoms with Crippen molar-refractivity contribution in [3.05, 3.63) is 16.1 Å². The largest absolute Gasteiger partial charge is 0.245 e. The Labute approximate surface area is 76.2 Å². The maximum Gasteiger partial charge on any atom is 0.0928 e. The fourth-order valence-corrected chi connectivity index (χ4v) is 2.34. The van der Waals surface area contributed by atoms with Crippen LogP contribution in [-0.4, -0.2) is 11.2 Å². The lowest BCUT2D eigenvalue weighted by Gasteiger charge is -1.89. The Bertz CT molecular complexity index is 187. The molecule has 1 aromatic heterocycles. The molecule has 0 saturated heterocycles. The van der Waals surface area contributed by atoms with Gasteiger partial charge in [0.25, 0.3) is 0 Å². The third-order valence-electron chi connectivity index (χ3n) is 1.36. The maximum atomic E-state index is 4.49. The number of thiazole rings is 1. The smallest absolute Gasteiger partial charge is 0.0928 e. The average molecular weight is 187 g/mol. The molecule has 0 aliphatic carbocycles.